The molecule has 0 heterocycles. The van der Waals surface area contributed by atoms with Crippen molar-refractivity contribution in [3.63, 3.8) is 0 Å². The summed E-state index contributed by atoms with van der Waals surface area (Å²) in [5, 5.41) is 0. The van der Waals surface area contributed by atoms with Crippen LogP contribution < -0.4 is 9.47 Å². The molecular weight excluding hydrogens is 252 g/mol. The summed E-state index contributed by atoms with van der Waals surface area (Å²) in [6, 6.07) is 15.1. The highest BCUT2D eigenvalue weighted by atomic mass is 16.6. The Kier molecular flexibility index (Phi) is 4.77. The van der Waals surface area contributed by atoms with Crippen LogP contribution in [0.3, 0.4) is 0 Å². The Labute approximate surface area is 119 Å². The van der Waals surface area contributed by atoms with Crippen LogP contribution in [0.5, 0.6) is 11.5 Å². The Hall–Kier alpha value is -2.29. The van der Waals surface area contributed by atoms with Gasteiger partial charge in [-0.25, -0.2) is 0 Å². The number of esters is 1. The summed E-state index contributed by atoms with van der Waals surface area (Å²) < 4.78 is 10.9. The van der Waals surface area contributed by atoms with Gasteiger partial charge in [0.25, 0.3) is 0 Å². The van der Waals surface area contributed by atoms with Crippen LogP contribution >= 0.6 is 0 Å². The summed E-state index contributed by atoms with van der Waals surface area (Å²) in [6.07, 6.45) is 0.250. The number of carbonyl (C=O) groups is 1. The molecular formula is C17H18O3. The van der Waals surface area contributed by atoms with Crippen LogP contribution in [-0.2, 0) is 11.2 Å². The molecule has 0 fully saturated rings. The molecule has 0 saturated heterocycles. The zero-order chi connectivity index (χ0) is 14.4. The minimum atomic E-state index is -0.291. The maximum Gasteiger partial charge on any atom is 0.315 e. The Morgan fingerprint density at radius 3 is 2.50 bits per heavy atom. The SMILES string of the molecule is CCOc1cc(C)ccc1OC(=O)Cc1ccccc1. The van der Waals surface area contributed by atoms with Crippen LogP contribution in [0.15, 0.2) is 48.5 Å². The maximum absolute atomic E-state index is 11.9. The molecule has 104 valence electrons. The zero-order valence-electron chi connectivity index (χ0n) is 11.8. The molecule has 2 aromatic rings. The highest BCUT2D eigenvalue weighted by Crippen LogP contribution is 2.28. The van der Waals surface area contributed by atoms with Crippen molar-refractivity contribution in [1.82, 2.24) is 0 Å². The largest absolute Gasteiger partial charge is 0.490 e. The number of carbonyl (C=O) groups excluding carboxylic acids is 1. The van der Waals surface area contributed by atoms with Gasteiger partial charge in [0.1, 0.15) is 0 Å². The lowest BCUT2D eigenvalue weighted by atomic mass is 10.1. The molecule has 2 aromatic carbocycles. The summed E-state index contributed by atoms with van der Waals surface area (Å²) in [4.78, 5) is 11.9. The van der Waals surface area contributed by atoms with Gasteiger partial charge in [-0.2, -0.15) is 0 Å². The maximum atomic E-state index is 11.9. The van der Waals surface area contributed by atoms with Gasteiger partial charge in [0.15, 0.2) is 11.5 Å². The average molecular weight is 270 g/mol. The second-order valence-corrected chi connectivity index (χ2v) is 4.52. The molecule has 0 aliphatic heterocycles. The summed E-state index contributed by atoms with van der Waals surface area (Å²) in [6.45, 7) is 4.41. The molecule has 0 aromatic heterocycles. The van der Waals surface area contributed by atoms with Crippen molar-refractivity contribution in [2.45, 2.75) is 20.3 Å². The standard InChI is InChI=1S/C17H18O3/c1-3-19-16-11-13(2)9-10-15(16)20-17(18)12-14-7-5-4-6-8-14/h4-11H,3,12H2,1-2H3. The van der Waals surface area contributed by atoms with Crippen molar-refractivity contribution in [3.05, 3.63) is 59.7 Å². The second-order valence-electron chi connectivity index (χ2n) is 4.52. The van der Waals surface area contributed by atoms with E-state index < -0.39 is 0 Å². The summed E-state index contributed by atoms with van der Waals surface area (Å²) in [5.74, 6) is 0.785. The molecule has 0 amide bonds. The van der Waals surface area contributed by atoms with E-state index in [-0.39, 0.29) is 12.4 Å². The number of hydrogen-bond acceptors (Lipinski definition) is 3. The van der Waals surface area contributed by atoms with Crippen LogP contribution in [0, 0.1) is 6.92 Å². The molecule has 2 rings (SSSR count). The number of hydrogen-bond donors (Lipinski definition) is 0. The quantitative estimate of drug-likeness (QED) is 0.615. The van der Waals surface area contributed by atoms with Crippen LogP contribution in [0.2, 0.25) is 0 Å². The third kappa shape index (κ3) is 3.85. The molecule has 0 radical (unpaired) electrons. The molecule has 0 N–H and O–H groups in total. The van der Waals surface area contributed by atoms with Gasteiger partial charge in [-0.3, -0.25) is 4.79 Å². The van der Waals surface area contributed by atoms with Gasteiger partial charge in [0.2, 0.25) is 0 Å². The fourth-order valence-electron chi connectivity index (χ4n) is 1.89. The van der Waals surface area contributed by atoms with Gasteiger partial charge in [-0.1, -0.05) is 36.4 Å². The Bertz CT molecular complexity index is 576. The number of aryl methyl sites for hydroxylation is 1. The van der Waals surface area contributed by atoms with Gasteiger partial charge in [0.05, 0.1) is 13.0 Å². The monoisotopic (exact) mass is 270 g/mol. The van der Waals surface area contributed by atoms with Gasteiger partial charge < -0.3 is 9.47 Å². The number of rotatable bonds is 5. The van der Waals surface area contributed by atoms with Crippen molar-refractivity contribution in [3.8, 4) is 11.5 Å². The number of ether oxygens (including phenoxy) is 2. The molecule has 0 bridgehead atoms. The normalized spacial score (nSPS) is 10.1. The minimum Gasteiger partial charge on any atom is -0.490 e. The van der Waals surface area contributed by atoms with E-state index in [1.54, 1.807) is 6.07 Å². The third-order valence-corrected chi connectivity index (χ3v) is 2.81. The van der Waals surface area contributed by atoms with Crippen molar-refractivity contribution < 1.29 is 14.3 Å². The molecule has 20 heavy (non-hydrogen) atoms. The number of benzene rings is 2. The predicted molar refractivity (Wildman–Crippen MR) is 78.1 cm³/mol. The average Bonchev–Trinajstić information content (AvgIpc) is 2.43. The Morgan fingerprint density at radius 1 is 1.05 bits per heavy atom. The topological polar surface area (TPSA) is 35.5 Å². The Balaban J connectivity index is 2.07. The van der Waals surface area contributed by atoms with E-state index in [4.69, 9.17) is 9.47 Å². The molecule has 0 aliphatic carbocycles. The fraction of sp³-hybridized carbons (Fsp3) is 0.235. The van der Waals surface area contributed by atoms with E-state index in [1.165, 1.54) is 0 Å². The van der Waals surface area contributed by atoms with Gasteiger partial charge in [-0.15, -0.1) is 0 Å². The summed E-state index contributed by atoms with van der Waals surface area (Å²) >= 11 is 0. The molecule has 0 unspecified atom stereocenters. The first-order chi connectivity index (χ1) is 9.69. The van der Waals surface area contributed by atoms with E-state index in [2.05, 4.69) is 0 Å². The highest BCUT2D eigenvalue weighted by Gasteiger charge is 2.11. The summed E-state index contributed by atoms with van der Waals surface area (Å²) in [5.41, 5.74) is 2.00. The second kappa shape index (κ2) is 6.75. The predicted octanol–water partition coefficient (Wildman–Crippen LogP) is 3.54. The zero-order valence-corrected chi connectivity index (χ0v) is 11.8. The molecule has 0 spiro atoms. The van der Waals surface area contributed by atoms with Crippen molar-refractivity contribution in [2.75, 3.05) is 6.61 Å². The van der Waals surface area contributed by atoms with E-state index in [0.29, 0.717) is 18.1 Å². The lowest BCUT2D eigenvalue weighted by Gasteiger charge is -2.11. The molecule has 0 atom stereocenters. The molecule has 0 aliphatic rings. The Morgan fingerprint density at radius 2 is 1.80 bits per heavy atom. The lowest BCUT2D eigenvalue weighted by molar-refractivity contribution is -0.133. The first-order valence-corrected chi connectivity index (χ1v) is 6.67. The van der Waals surface area contributed by atoms with Crippen LogP contribution in [-0.4, -0.2) is 12.6 Å². The van der Waals surface area contributed by atoms with Crippen LogP contribution in [0.25, 0.3) is 0 Å². The fourth-order valence-corrected chi connectivity index (χ4v) is 1.89. The molecule has 3 heteroatoms. The molecule has 3 nitrogen and oxygen atoms in total. The smallest absolute Gasteiger partial charge is 0.315 e. The minimum absolute atomic E-state index is 0.250. The van der Waals surface area contributed by atoms with E-state index in [9.17, 15) is 4.79 Å². The van der Waals surface area contributed by atoms with Crippen molar-refractivity contribution in [1.29, 1.82) is 0 Å². The van der Waals surface area contributed by atoms with Crippen molar-refractivity contribution in [2.24, 2.45) is 0 Å². The molecule has 0 saturated carbocycles. The highest BCUT2D eigenvalue weighted by molar-refractivity contribution is 5.76. The van der Waals surface area contributed by atoms with Crippen LogP contribution in [0.4, 0.5) is 0 Å². The van der Waals surface area contributed by atoms with Crippen molar-refractivity contribution >= 4 is 5.97 Å². The summed E-state index contributed by atoms with van der Waals surface area (Å²) in [7, 11) is 0. The lowest BCUT2D eigenvalue weighted by Crippen LogP contribution is -2.12. The first-order valence-electron chi connectivity index (χ1n) is 6.67. The van der Waals surface area contributed by atoms with Crippen LogP contribution in [0.1, 0.15) is 18.1 Å². The van der Waals surface area contributed by atoms with Gasteiger partial charge in [-0.05, 0) is 37.1 Å². The van der Waals surface area contributed by atoms with Gasteiger partial charge in [0, 0.05) is 0 Å². The van der Waals surface area contributed by atoms with E-state index in [0.717, 1.165) is 11.1 Å². The van der Waals surface area contributed by atoms with Gasteiger partial charge >= 0.3 is 5.97 Å². The van der Waals surface area contributed by atoms with E-state index >= 15 is 0 Å². The van der Waals surface area contributed by atoms with E-state index in [1.807, 2.05) is 56.3 Å². The third-order valence-electron chi connectivity index (χ3n) is 2.81. The first kappa shape index (κ1) is 14.1.